The summed E-state index contributed by atoms with van der Waals surface area (Å²) >= 11 is 12.6. The summed E-state index contributed by atoms with van der Waals surface area (Å²) < 4.78 is 27.6. The lowest BCUT2D eigenvalue weighted by Gasteiger charge is -2.49. The van der Waals surface area contributed by atoms with Gasteiger partial charge in [0.05, 0.1) is 15.5 Å². The van der Waals surface area contributed by atoms with Crippen molar-refractivity contribution in [2.75, 3.05) is 66.5 Å². The normalized spacial score (nSPS) is 26.8. The maximum atomic E-state index is 14.0. The van der Waals surface area contributed by atoms with Gasteiger partial charge in [-0.15, -0.1) is 0 Å². The topological polar surface area (TPSA) is 84.5 Å². The van der Waals surface area contributed by atoms with Crippen LogP contribution in [0, 0.1) is 5.92 Å². The quantitative estimate of drug-likeness (QED) is 0.413. The van der Waals surface area contributed by atoms with E-state index in [1.807, 2.05) is 6.07 Å². The third-order valence-electron chi connectivity index (χ3n) is 8.70. The molecular formula is C26H37Cl2N5O4S. The van der Waals surface area contributed by atoms with Crippen molar-refractivity contribution in [2.24, 2.45) is 5.92 Å². The number of hydrogen-bond donors (Lipinski definition) is 0. The molecule has 1 saturated carbocycles. The first-order valence-electron chi connectivity index (χ1n) is 13.5. The van der Waals surface area contributed by atoms with Gasteiger partial charge in [-0.05, 0) is 55.8 Å². The summed E-state index contributed by atoms with van der Waals surface area (Å²) in [5, 5.41) is 0.866. The fourth-order valence-corrected chi connectivity index (χ4v) is 7.34. The number of piperazine rings is 1. The highest BCUT2D eigenvalue weighted by atomic mass is 35.5. The minimum atomic E-state index is -3.37. The molecular weight excluding hydrogens is 549 g/mol. The molecule has 1 aromatic carbocycles. The second-order valence-electron chi connectivity index (χ2n) is 11.4. The van der Waals surface area contributed by atoms with Crippen LogP contribution in [-0.4, -0.2) is 116 Å². The van der Waals surface area contributed by atoms with Crippen molar-refractivity contribution in [2.45, 2.75) is 43.6 Å². The number of benzene rings is 1. The first-order chi connectivity index (χ1) is 18.0. The molecule has 4 fully saturated rings. The van der Waals surface area contributed by atoms with E-state index in [2.05, 4.69) is 9.80 Å². The number of piperidine rings is 1. The summed E-state index contributed by atoms with van der Waals surface area (Å²) in [6.07, 6.45) is 3.58. The van der Waals surface area contributed by atoms with Gasteiger partial charge in [0.1, 0.15) is 0 Å². The number of likely N-dealkylation sites (tertiary alicyclic amines) is 2. The van der Waals surface area contributed by atoms with Crippen molar-refractivity contribution < 1.29 is 18.0 Å². The van der Waals surface area contributed by atoms with Crippen LogP contribution in [0.4, 0.5) is 0 Å². The molecule has 1 unspecified atom stereocenters. The molecule has 5 rings (SSSR count). The predicted molar refractivity (Wildman–Crippen MR) is 147 cm³/mol. The number of imide groups is 1. The van der Waals surface area contributed by atoms with Crippen LogP contribution in [0.1, 0.15) is 37.7 Å². The number of amides is 2. The lowest BCUT2D eigenvalue weighted by Crippen LogP contribution is -2.64. The third-order valence-corrected chi connectivity index (χ3v) is 11.4. The fraction of sp³-hybridized carbons (Fsp3) is 0.692. The zero-order chi connectivity index (χ0) is 27.2. The van der Waals surface area contributed by atoms with Crippen molar-refractivity contribution >= 4 is 45.2 Å². The molecule has 3 heterocycles. The summed E-state index contributed by atoms with van der Waals surface area (Å²) in [6, 6.07) is 5.81. The molecule has 0 spiro atoms. The van der Waals surface area contributed by atoms with E-state index in [1.165, 1.54) is 9.21 Å². The third kappa shape index (κ3) is 5.50. The molecule has 1 aliphatic carbocycles. The highest BCUT2D eigenvalue weighted by Gasteiger charge is 2.50. The minimum Gasteiger partial charge on any atom is -0.300 e. The Morgan fingerprint density at radius 1 is 1.03 bits per heavy atom. The number of rotatable bonds is 9. The van der Waals surface area contributed by atoms with Crippen LogP contribution < -0.4 is 0 Å². The second kappa shape index (κ2) is 11.0. The van der Waals surface area contributed by atoms with Crippen LogP contribution in [0.15, 0.2) is 18.2 Å². The maximum absolute atomic E-state index is 14.0. The van der Waals surface area contributed by atoms with Gasteiger partial charge in [0.15, 0.2) is 0 Å². The van der Waals surface area contributed by atoms with Gasteiger partial charge < -0.3 is 4.90 Å². The second-order valence-corrected chi connectivity index (χ2v) is 14.3. The summed E-state index contributed by atoms with van der Waals surface area (Å²) in [5.41, 5.74) is 0.0364. The highest BCUT2D eigenvalue weighted by molar-refractivity contribution is 7.86. The minimum absolute atomic E-state index is 0.0722. The summed E-state index contributed by atoms with van der Waals surface area (Å²) in [7, 11) is -0.246. The molecule has 0 radical (unpaired) electrons. The number of carbonyl (C=O) groups excluding carboxylic acids is 2. The first-order valence-corrected chi connectivity index (χ1v) is 15.6. The Kier molecular flexibility index (Phi) is 8.15. The number of nitrogens with zero attached hydrogens (tertiary/aromatic N) is 5. The van der Waals surface area contributed by atoms with Crippen molar-refractivity contribution in [1.29, 1.82) is 0 Å². The standard InChI is InChI=1S/C26H37Cl2N5O4S/c1-29(2)38(36,37)32-13-11-31(12-14-32)21-17-30(18-21)10-9-26(20-5-6-22(27)23(28)15-20)8-7-24(34)33(25(26)35)16-19-3-4-19/h5-6,15,19,21H,3-4,7-14,16-18H2,1-2H3. The summed E-state index contributed by atoms with van der Waals surface area (Å²) in [4.78, 5) is 32.9. The summed E-state index contributed by atoms with van der Waals surface area (Å²) in [6.45, 7) is 5.46. The smallest absolute Gasteiger partial charge is 0.281 e. The molecule has 4 aliphatic rings. The van der Waals surface area contributed by atoms with E-state index >= 15 is 0 Å². The number of hydrogen-bond acceptors (Lipinski definition) is 6. The van der Waals surface area contributed by atoms with Crippen LogP contribution in [0.5, 0.6) is 0 Å². The van der Waals surface area contributed by atoms with E-state index in [4.69, 9.17) is 23.2 Å². The maximum Gasteiger partial charge on any atom is 0.281 e. The van der Waals surface area contributed by atoms with Crippen LogP contribution in [-0.2, 0) is 25.2 Å². The van der Waals surface area contributed by atoms with Gasteiger partial charge in [0.2, 0.25) is 11.8 Å². The molecule has 0 N–H and O–H groups in total. The van der Waals surface area contributed by atoms with Crippen LogP contribution in [0.2, 0.25) is 10.0 Å². The van der Waals surface area contributed by atoms with Crippen LogP contribution in [0.3, 0.4) is 0 Å². The van der Waals surface area contributed by atoms with E-state index in [0.717, 1.165) is 51.1 Å². The predicted octanol–water partition coefficient (Wildman–Crippen LogP) is 2.29. The zero-order valence-corrected chi connectivity index (χ0v) is 24.4. The molecule has 0 bridgehead atoms. The van der Waals surface area contributed by atoms with E-state index in [-0.39, 0.29) is 11.8 Å². The van der Waals surface area contributed by atoms with Gasteiger partial charge >= 0.3 is 0 Å². The molecule has 1 atom stereocenters. The summed E-state index contributed by atoms with van der Waals surface area (Å²) in [5.74, 6) is 0.253. The van der Waals surface area contributed by atoms with Crippen molar-refractivity contribution in [3.05, 3.63) is 33.8 Å². The van der Waals surface area contributed by atoms with Crippen LogP contribution >= 0.6 is 23.2 Å². The Morgan fingerprint density at radius 2 is 1.71 bits per heavy atom. The molecule has 9 nitrogen and oxygen atoms in total. The van der Waals surface area contributed by atoms with E-state index in [1.54, 1.807) is 30.5 Å². The Hall–Kier alpha value is -1.27. The monoisotopic (exact) mass is 585 g/mol. The molecule has 12 heteroatoms. The van der Waals surface area contributed by atoms with Gasteiger partial charge in [-0.2, -0.15) is 17.0 Å². The number of halogens is 2. The number of carbonyl (C=O) groups is 2. The molecule has 3 aliphatic heterocycles. The molecule has 210 valence electrons. The van der Waals surface area contributed by atoms with Gasteiger partial charge in [0, 0.05) is 72.4 Å². The van der Waals surface area contributed by atoms with Gasteiger partial charge in [-0.25, -0.2) is 0 Å². The first kappa shape index (κ1) is 28.3. The lowest BCUT2D eigenvalue weighted by atomic mass is 9.70. The van der Waals surface area contributed by atoms with Crippen molar-refractivity contribution in [3.8, 4) is 0 Å². The lowest BCUT2D eigenvalue weighted by molar-refractivity contribution is -0.154. The van der Waals surface area contributed by atoms with Crippen molar-refractivity contribution in [3.63, 3.8) is 0 Å². The Balaban J connectivity index is 1.23. The molecule has 38 heavy (non-hydrogen) atoms. The van der Waals surface area contributed by atoms with E-state index in [0.29, 0.717) is 60.9 Å². The zero-order valence-electron chi connectivity index (χ0n) is 22.1. The Morgan fingerprint density at radius 3 is 2.32 bits per heavy atom. The highest BCUT2D eigenvalue weighted by Crippen LogP contribution is 2.43. The van der Waals surface area contributed by atoms with Crippen molar-refractivity contribution in [1.82, 2.24) is 23.3 Å². The Labute approximate surface area is 235 Å². The van der Waals surface area contributed by atoms with E-state index in [9.17, 15) is 18.0 Å². The molecule has 3 saturated heterocycles. The van der Waals surface area contributed by atoms with Crippen LogP contribution in [0.25, 0.3) is 0 Å². The SMILES string of the molecule is CN(C)S(=O)(=O)N1CCN(C2CN(CCC3(c4ccc(Cl)c(Cl)c4)CCC(=O)N(CC4CC4)C3=O)C2)CC1. The average Bonchev–Trinajstić information content (AvgIpc) is 3.68. The van der Waals surface area contributed by atoms with Gasteiger partial charge in [-0.3, -0.25) is 19.4 Å². The Bertz CT molecular complexity index is 1180. The van der Waals surface area contributed by atoms with E-state index < -0.39 is 15.6 Å². The fourth-order valence-electron chi connectivity index (χ4n) is 5.95. The molecule has 2 amide bonds. The average molecular weight is 587 g/mol. The molecule has 0 aromatic heterocycles. The largest absolute Gasteiger partial charge is 0.300 e. The molecule has 1 aromatic rings. The van der Waals surface area contributed by atoms with Gasteiger partial charge in [-0.1, -0.05) is 29.3 Å². The van der Waals surface area contributed by atoms with Gasteiger partial charge in [0.25, 0.3) is 10.2 Å².